The average molecular weight is 300 g/mol. The number of β-amino-alcohol motifs (C(OH)–C–C–N with tert-alkyl or cyclic N) is 1. The zero-order valence-corrected chi connectivity index (χ0v) is 10.9. The van der Waals surface area contributed by atoms with Crippen LogP contribution in [0.3, 0.4) is 0 Å². The van der Waals surface area contributed by atoms with Gasteiger partial charge in [0.2, 0.25) is 0 Å². The summed E-state index contributed by atoms with van der Waals surface area (Å²) in [5.74, 6) is 0.0566. The van der Waals surface area contributed by atoms with Gasteiger partial charge in [0, 0.05) is 12.7 Å². The molecule has 92 valence electrons. The first-order chi connectivity index (χ1) is 8.03. The standard InChI is InChI=1S/C11H14BrN3O2/c12-8-3-1-5-14-9(8)15-6-2-4-11(17,7-15)10(13)16/h1,3,5,17H,2,4,6-7H2,(H2,13,16). The highest BCUT2D eigenvalue weighted by molar-refractivity contribution is 9.10. The lowest BCUT2D eigenvalue weighted by Crippen LogP contribution is -2.56. The van der Waals surface area contributed by atoms with Crippen molar-refractivity contribution in [3.63, 3.8) is 0 Å². The predicted octanol–water partition coefficient (Wildman–Crippen LogP) is 0.661. The number of piperidine rings is 1. The van der Waals surface area contributed by atoms with Crippen molar-refractivity contribution in [3.05, 3.63) is 22.8 Å². The van der Waals surface area contributed by atoms with E-state index in [0.717, 1.165) is 16.8 Å². The summed E-state index contributed by atoms with van der Waals surface area (Å²) in [7, 11) is 0. The van der Waals surface area contributed by atoms with Crippen molar-refractivity contribution >= 4 is 27.7 Å². The van der Waals surface area contributed by atoms with Crippen LogP contribution in [-0.2, 0) is 4.79 Å². The van der Waals surface area contributed by atoms with E-state index in [4.69, 9.17) is 5.73 Å². The van der Waals surface area contributed by atoms with E-state index in [1.165, 1.54) is 0 Å². The van der Waals surface area contributed by atoms with Gasteiger partial charge in [-0.3, -0.25) is 4.79 Å². The van der Waals surface area contributed by atoms with Crippen molar-refractivity contribution in [1.29, 1.82) is 0 Å². The topological polar surface area (TPSA) is 79.5 Å². The quantitative estimate of drug-likeness (QED) is 0.841. The van der Waals surface area contributed by atoms with Crippen LogP contribution in [0.2, 0.25) is 0 Å². The Bertz CT molecular complexity index is 440. The lowest BCUT2D eigenvalue weighted by atomic mass is 9.92. The molecule has 17 heavy (non-hydrogen) atoms. The number of primary amides is 1. The molecule has 0 aromatic carbocycles. The smallest absolute Gasteiger partial charge is 0.251 e. The van der Waals surface area contributed by atoms with Crippen LogP contribution in [0, 0.1) is 0 Å². The molecular formula is C11H14BrN3O2. The Morgan fingerprint density at radius 3 is 3.06 bits per heavy atom. The van der Waals surface area contributed by atoms with Crippen LogP contribution in [0.5, 0.6) is 0 Å². The second-order valence-electron chi connectivity index (χ2n) is 4.23. The minimum Gasteiger partial charge on any atom is -0.378 e. The number of halogens is 1. The van der Waals surface area contributed by atoms with Crippen molar-refractivity contribution in [2.24, 2.45) is 5.73 Å². The Kier molecular flexibility index (Phi) is 3.35. The second-order valence-corrected chi connectivity index (χ2v) is 5.08. The Morgan fingerprint density at radius 2 is 2.41 bits per heavy atom. The Labute approximate surface area is 108 Å². The molecule has 6 heteroatoms. The fourth-order valence-electron chi connectivity index (χ4n) is 2.03. The van der Waals surface area contributed by atoms with Crippen LogP contribution < -0.4 is 10.6 Å². The molecule has 1 unspecified atom stereocenters. The van der Waals surface area contributed by atoms with Gasteiger partial charge in [0.15, 0.2) is 5.60 Å². The first kappa shape index (κ1) is 12.3. The minimum atomic E-state index is -1.45. The Hall–Kier alpha value is -1.14. The highest BCUT2D eigenvalue weighted by Gasteiger charge is 2.39. The fraction of sp³-hybridized carbons (Fsp3) is 0.455. The highest BCUT2D eigenvalue weighted by atomic mass is 79.9. The minimum absolute atomic E-state index is 0.192. The fourth-order valence-corrected chi connectivity index (χ4v) is 2.53. The Balaban J connectivity index is 2.24. The van der Waals surface area contributed by atoms with Crippen molar-refractivity contribution in [3.8, 4) is 0 Å². The van der Waals surface area contributed by atoms with Crippen LogP contribution in [0.25, 0.3) is 0 Å². The Morgan fingerprint density at radius 1 is 1.65 bits per heavy atom. The third-order valence-electron chi connectivity index (χ3n) is 2.97. The van der Waals surface area contributed by atoms with E-state index in [1.807, 2.05) is 17.0 Å². The predicted molar refractivity (Wildman–Crippen MR) is 67.5 cm³/mol. The van der Waals surface area contributed by atoms with Gasteiger partial charge in [-0.15, -0.1) is 0 Å². The molecule has 5 nitrogen and oxygen atoms in total. The molecule has 1 atom stereocenters. The molecule has 0 radical (unpaired) electrons. The molecule has 0 bridgehead atoms. The molecule has 1 amide bonds. The van der Waals surface area contributed by atoms with Gasteiger partial charge in [0.25, 0.3) is 5.91 Å². The summed E-state index contributed by atoms with van der Waals surface area (Å²) in [6, 6.07) is 3.69. The zero-order valence-electron chi connectivity index (χ0n) is 9.27. The summed E-state index contributed by atoms with van der Waals surface area (Å²) >= 11 is 3.40. The van der Waals surface area contributed by atoms with Crippen LogP contribution in [0.15, 0.2) is 22.8 Å². The number of rotatable bonds is 2. The summed E-state index contributed by atoms with van der Waals surface area (Å²) < 4.78 is 0.841. The first-order valence-electron chi connectivity index (χ1n) is 5.41. The molecule has 1 aliphatic rings. The lowest BCUT2D eigenvalue weighted by molar-refractivity contribution is -0.137. The van der Waals surface area contributed by atoms with Gasteiger partial charge in [-0.25, -0.2) is 4.98 Å². The van der Waals surface area contributed by atoms with Crippen LogP contribution in [-0.4, -0.2) is 34.7 Å². The second kappa shape index (κ2) is 4.62. The number of nitrogens with zero attached hydrogens (tertiary/aromatic N) is 2. The maximum absolute atomic E-state index is 11.3. The normalized spacial score (nSPS) is 24.7. The molecule has 1 saturated heterocycles. The molecule has 3 N–H and O–H groups in total. The number of aliphatic hydroxyl groups is 1. The SMILES string of the molecule is NC(=O)C1(O)CCCN(c2ncccc2Br)C1. The zero-order chi connectivity index (χ0) is 12.5. The number of amides is 1. The third-order valence-corrected chi connectivity index (χ3v) is 3.59. The van der Waals surface area contributed by atoms with E-state index in [0.29, 0.717) is 12.8 Å². The van der Waals surface area contributed by atoms with E-state index in [9.17, 15) is 9.90 Å². The van der Waals surface area contributed by atoms with Crippen molar-refractivity contribution in [2.45, 2.75) is 18.4 Å². The number of pyridine rings is 1. The van der Waals surface area contributed by atoms with E-state index in [1.54, 1.807) is 6.20 Å². The molecule has 0 aliphatic carbocycles. The number of carbonyl (C=O) groups is 1. The monoisotopic (exact) mass is 299 g/mol. The summed E-state index contributed by atoms with van der Waals surface area (Å²) in [6.07, 6.45) is 2.80. The third kappa shape index (κ3) is 2.42. The van der Waals surface area contributed by atoms with E-state index >= 15 is 0 Å². The van der Waals surface area contributed by atoms with Crippen molar-refractivity contribution in [2.75, 3.05) is 18.0 Å². The molecule has 1 aliphatic heterocycles. The van der Waals surface area contributed by atoms with Gasteiger partial charge in [-0.05, 0) is 40.9 Å². The molecular weight excluding hydrogens is 286 g/mol. The van der Waals surface area contributed by atoms with Gasteiger partial charge in [0.1, 0.15) is 5.82 Å². The average Bonchev–Trinajstić information content (AvgIpc) is 2.29. The number of aromatic nitrogens is 1. The number of hydrogen-bond donors (Lipinski definition) is 2. The molecule has 0 spiro atoms. The summed E-state index contributed by atoms with van der Waals surface area (Å²) in [5.41, 5.74) is 3.78. The molecule has 1 aromatic rings. The summed E-state index contributed by atoms with van der Waals surface area (Å²) in [5, 5.41) is 10.1. The molecule has 1 fully saturated rings. The van der Waals surface area contributed by atoms with Gasteiger partial charge in [-0.1, -0.05) is 0 Å². The highest BCUT2D eigenvalue weighted by Crippen LogP contribution is 2.29. The maximum atomic E-state index is 11.3. The summed E-state index contributed by atoms with van der Waals surface area (Å²) in [4.78, 5) is 17.4. The van der Waals surface area contributed by atoms with Gasteiger partial charge >= 0.3 is 0 Å². The molecule has 1 aromatic heterocycles. The van der Waals surface area contributed by atoms with Crippen molar-refractivity contribution < 1.29 is 9.90 Å². The van der Waals surface area contributed by atoms with E-state index in [2.05, 4.69) is 20.9 Å². The van der Waals surface area contributed by atoms with Crippen LogP contribution in [0.4, 0.5) is 5.82 Å². The molecule has 2 rings (SSSR count). The summed E-state index contributed by atoms with van der Waals surface area (Å²) in [6.45, 7) is 0.948. The maximum Gasteiger partial charge on any atom is 0.251 e. The molecule has 2 heterocycles. The van der Waals surface area contributed by atoms with E-state index in [-0.39, 0.29) is 6.54 Å². The largest absolute Gasteiger partial charge is 0.378 e. The van der Waals surface area contributed by atoms with E-state index < -0.39 is 11.5 Å². The number of hydrogen-bond acceptors (Lipinski definition) is 4. The number of nitrogens with two attached hydrogens (primary N) is 1. The van der Waals surface area contributed by atoms with Crippen LogP contribution in [0.1, 0.15) is 12.8 Å². The van der Waals surface area contributed by atoms with Gasteiger partial charge in [0.05, 0.1) is 11.0 Å². The van der Waals surface area contributed by atoms with Gasteiger partial charge < -0.3 is 15.7 Å². The lowest BCUT2D eigenvalue weighted by Gasteiger charge is -2.37. The van der Waals surface area contributed by atoms with Crippen molar-refractivity contribution in [1.82, 2.24) is 4.98 Å². The van der Waals surface area contributed by atoms with Crippen LogP contribution >= 0.6 is 15.9 Å². The first-order valence-corrected chi connectivity index (χ1v) is 6.20. The number of carbonyl (C=O) groups excluding carboxylic acids is 1. The molecule has 0 saturated carbocycles. The van der Waals surface area contributed by atoms with Gasteiger partial charge in [-0.2, -0.15) is 0 Å². The number of anilines is 1.